The minimum Gasteiger partial charge on any atom is -0.351 e. The first kappa shape index (κ1) is 16.9. The molecule has 6 heteroatoms. The van der Waals surface area contributed by atoms with E-state index >= 15 is 0 Å². The Morgan fingerprint density at radius 1 is 1.48 bits per heavy atom. The van der Waals surface area contributed by atoms with Crippen molar-refractivity contribution in [2.24, 2.45) is 0 Å². The van der Waals surface area contributed by atoms with Gasteiger partial charge in [-0.3, -0.25) is 4.79 Å². The maximum atomic E-state index is 12.4. The molecule has 1 aliphatic heterocycles. The fourth-order valence-corrected chi connectivity index (χ4v) is 4.05. The molecule has 3 nitrogen and oxygen atoms in total. The molecule has 1 aliphatic rings. The summed E-state index contributed by atoms with van der Waals surface area (Å²) in [6.45, 7) is 4.67. The summed E-state index contributed by atoms with van der Waals surface area (Å²) in [5, 5.41) is 4.18. The van der Waals surface area contributed by atoms with Gasteiger partial charge in [-0.25, -0.2) is 4.31 Å². The average molecular weight is 347 g/mol. The molecule has 1 aromatic rings. The number of halogens is 2. The highest BCUT2D eigenvalue weighted by atomic mass is 35.5. The molecule has 1 N–H and O–H groups in total. The van der Waals surface area contributed by atoms with Crippen molar-refractivity contribution in [3.8, 4) is 0 Å². The Bertz CT molecular complexity index is 510. The predicted molar refractivity (Wildman–Crippen MR) is 90.8 cm³/mol. The van der Waals surface area contributed by atoms with Gasteiger partial charge >= 0.3 is 0 Å². The number of hydrogen-bond acceptors (Lipinski definition) is 3. The second-order valence-electron chi connectivity index (χ2n) is 5.40. The lowest BCUT2D eigenvalue weighted by atomic mass is 10.1. The number of benzene rings is 1. The maximum Gasteiger partial charge on any atom is 0.238 e. The molecule has 1 heterocycles. The molecule has 0 aliphatic carbocycles. The smallest absolute Gasteiger partial charge is 0.238 e. The Balaban J connectivity index is 1.97. The Hall–Kier alpha value is -0.420. The summed E-state index contributed by atoms with van der Waals surface area (Å²) in [5.74, 6) is 1.16. The van der Waals surface area contributed by atoms with Gasteiger partial charge in [0.05, 0.1) is 6.04 Å². The monoisotopic (exact) mass is 346 g/mol. The molecule has 1 unspecified atom stereocenters. The van der Waals surface area contributed by atoms with Crippen LogP contribution in [0.1, 0.15) is 32.3 Å². The maximum absolute atomic E-state index is 12.4. The third-order valence-corrected chi connectivity index (χ3v) is 5.48. The molecule has 1 amide bonds. The van der Waals surface area contributed by atoms with Crippen LogP contribution in [0.4, 0.5) is 0 Å². The van der Waals surface area contributed by atoms with Gasteiger partial charge in [0.2, 0.25) is 5.91 Å². The van der Waals surface area contributed by atoms with Gasteiger partial charge in [-0.1, -0.05) is 41.2 Å². The van der Waals surface area contributed by atoms with Gasteiger partial charge in [0, 0.05) is 28.4 Å². The van der Waals surface area contributed by atoms with Crippen LogP contribution in [-0.4, -0.2) is 28.0 Å². The van der Waals surface area contributed by atoms with E-state index in [9.17, 15) is 4.79 Å². The van der Waals surface area contributed by atoms with Crippen LogP contribution in [0.25, 0.3) is 0 Å². The zero-order chi connectivity index (χ0) is 15.4. The van der Waals surface area contributed by atoms with Crippen molar-refractivity contribution < 1.29 is 4.79 Å². The van der Waals surface area contributed by atoms with Crippen LogP contribution in [-0.2, 0) is 11.3 Å². The molecule has 1 saturated heterocycles. The normalized spacial score (nSPS) is 19.8. The molecule has 1 atom stereocenters. The third kappa shape index (κ3) is 4.52. The Morgan fingerprint density at radius 3 is 2.90 bits per heavy atom. The molecule has 0 spiro atoms. The summed E-state index contributed by atoms with van der Waals surface area (Å²) in [6, 6.07) is 5.62. The first-order valence-electron chi connectivity index (χ1n) is 7.12. The second kappa shape index (κ2) is 7.73. The Kier molecular flexibility index (Phi) is 6.23. The van der Waals surface area contributed by atoms with Crippen LogP contribution in [0.15, 0.2) is 18.2 Å². The van der Waals surface area contributed by atoms with E-state index in [0.29, 0.717) is 22.6 Å². The molecular formula is C15H20Cl2N2OS. The highest BCUT2D eigenvalue weighted by Crippen LogP contribution is 2.28. The zero-order valence-electron chi connectivity index (χ0n) is 12.2. The van der Waals surface area contributed by atoms with Gasteiger partial charge in [0.25, 0.3) is 0 Å². The van der Waals surface area contributed by atoms with Crippen molar-refractivity contribution in [3.63, 3.8) is 0 Å². The molecule has 0 aromatic heterocycles. The van der Waals surface area contributed by atoms with Gasteiger partial charge in [0.1, 0.15) is 0 Å². The van der Waals surface area contributed by atoms with Gasteiger partial charge < -0.3 is 5.32 Å². The summed E-state index contributed by atoms with van der Waals surface area (Å²) in [4.78, 5) is 12.4. The summed E-state index contributed by atoms with van der Waals surface area (Å²) in [5.41, 5.74) is 0.883. The van der Waals surface area contributed by atoms with Crippen LogP contribution < -0.4 is 5.32 Å². The van der Waals surface area contributed by atoms with Crippen molar-refractivity contribution in [3.05, 3.63) is 33.8 Å². The topological polar surface area (TPSA) is 32.3 Å². The minimum atomic E-state index is -0.0603. The first-order chi connectivity index (χ1) is 9.99. The molecule has 21 heavy (non-hydrogen) atoms. The van der Waals surface area contributed by atoms with Crippen LogP contribution in [0.2, 0.25) is 10.0 Å². The predicted octanol–water partition coefficient (Wildman–Crippen LogP) is 4.13. The summed E-state index contributed by atoms with van der Waals surface area (Å²) in [6.07, 6.45) is 1.99. The minimum absolute atomic E-state index is 0.0603. The van der Waals surface area contributed by atoms with E-state index in [2.05, 4.69) is 23.5 Å². The van der Waals surface area contributed by atoms with E-state index in [4.69, 9.17) is 23.2 Å². The fraction of sp³-hybridized carbons (Fsp3) is 0.533. The fourth-order valence-electron chi connectivity index (χ4n) is 2.38. The number of carbonyl (C=O) groups is 1. The lowest BCUT2D eigenvalue weighted by molar-refractivity contribution is -0.125. The Labute approximate surface area is 140 Å². The van der Waals surface area contributed by atoms with Crippen molar-refractivity contribution in [2.75, 3.05) is 5.75 Å². The molecule has 1 fully saturated rings. The molecule has 2 rings (SSSR count). The summed E-state index contributed by atoms with van der Waals surface area (Å²) in [7, 11) is 0. The highest BCUT2D eigenvalue weighted by Gasteiger charge is 2.30. The van der Waals surface area contributed by atoms with Crippen LogP contribution in [0.3, 0.4) is 0 Å². The summed E-state index contributed by atoms with van der Waals surface area (Å²) >= 11 is 13.8. The van der Waals surface area contributed by atoms with E-state index in [1.165, 1.54) is 0 Å². The number of amides is 1. The van der Waals surface area contributed by atoms with E-state index in [1.54, 1.807) is 24.1 Å². The van der Waals surface area contributed by atoms with Crippen LogP contribution in [0, 0.1) is 0 Å². The largest absolute Gasteiger partial charge is 0.351 e. The standard InChI is InChI=1S/C15H20Cl2N2OS/c1-10(2)19-14(4-3-7-21-19)15(20)18-9-11-5-6-12(16)8-13(11)17/h5-6,8,10,14H,3-4,7,9H2,1-2H3,(H,18,20). The second-order valence-corrected chi connectivity index (χ2v) is 7.33. The van der Waals surface area contributed by atoms with E-state index in [0.717, 1.165) is 24.2 Å². The van der Waals surface area contributed by atoms with Crippen molar-refractivity contribution in [1.82, 2.24) is 9.62 Å². The number of carbonyl (C=O) groups excluding carboxylic acids is 1. The number of nitrogens with zero attached hydrogens (tertiary/aromatic N) is 1. The van der Waals surface area contributed by atoms with Crippen molar-refractivity contribution in [1.29, 1.82) is 0 Å². The first-order valence-corrected chi connectivity index (χ1v) is 8.81. The molecule has 0 bridgehead atoms. The Morgan fingerprint density at radius 2 is 2.24 bits per heavy atom. The van der Waals surface area contributed by atoms with Crippen molar-refractivity contribution in [2.45, 2.75) is 45.3 Å². The third-order valence-electron chi connectivity index (χ3n) is 3.45. The molecule has 1 aromatic carbocycles. The highest BCUT2D eigenvalue weighted by molar-refractivity contribution is 7.97. The number of hydrogen-bond donors (Lipinski definition) is 1. The molecule has 116 valence electrons. The lowest BCUT2D eigenvalue weighted by Gasteiger charge is -2.36. The molecular weight excluding hydrogens is 327 g/mol. The van der Waals surface area contributed by atoms with Gasteiger partial charge in [-0.2, -0.15) is 0 Å². The zero-order valence-corrected chi connectivity index (χ0v) is 14.6. The van der Waals surface area contributed by atoms with Gasteiger partial charge in [0.15, 0.2) is 0 Å². The quantitative estimate of drug-likeness (QED) is 0.831. The summed E-state index contributed by atoms with van der Waals surface area (Å²) < 4.78 is 2.20. The van der Waals surface area contributed by atoms with Crippen LogP contribution in [0.5, 0.6) is 0 Å². The molecule has 0 radical (unpaired) electrons. The molecule has 0 saturated carbocycles. The number of nitrogens with one attached hydrogen (secondary N) is 1. The van der Waals surface area contributed by atoms with Crippen LogP contribution >= 0.6 is 35.1 Å². The van der Waals surface area contributed by atoms with Gasteiger partial charge in [-0.15, -0.1) is 0 Å². The lowest BCUT2D eigenvalue weighted by Crippen LogP contribution is -2.48. The number of rotatable bonds is 4. The van der Waals surface area contributed by atoms with Crippen molar-refractivity contribution >= 4 is 41.1 Å². The van der Waals surface area contributed by atoms with E-state index < -0.39 is 0 Å². The average Bonchev–Trinajstić information content (AvgIpc) is 2.46. The SMILES string of the molecule is CC(C)N1SCCCC1C(=O)NCc1ccc(Cl)cc1Cl. The van der Waals surface area contributed by atoms with Gasteiger partial charge in [-0.05, 0) is 44.4 Å². The van der Waals surface area contributed by atoms with E-state index in [-0.39, 0.29) is 11.9 Å². The van der Waals surface area contributed by atoms with E-state index in [1.807, 2.05) is 6.07 Å².